The zero-order valence-corrected chi connectivity index (χ0v) is 16.8. The highest BCUT2D eigenvalue weighted by Gasteiger charge is 2.15. The van der Waals surface area contributed by atoms with Crippen LogP contribution in [0.1, 0.15) is 10.4 Å². The van der Waals surface area contributed by atoms with Gasteiger partial charge in [0.05, 0.1) is 16.8 Å². The zero-order chi connectivity index (χ0) is 21.8. The van der Waals surface area contributed by atoms with E-state index >= 15 is 0 Å². The Labute approximate surface area is 177 Å². The molecule has 8 heteroatoms. The third-order valence-electron chi connectivity index (χ3n) is 4.28. The Bertz CT molecular complexity index is 1150. The number of rotatable bonds is 6. The van der Waals surface area contributed by atoms with E-state index in [1.807, 2.05) is 0 Å². The number of halogens is 2. The van der Waals surface area contributed by atoms with Crippen molar-refractivity contribution in [2.24, 2.45) is 7.05 Å². The van der Waals surface area contributed by atoms with Crippen molar-refractivity contribution < 1.29 is 14.0 Å². The number of hydrogen-bond acceptors (Lipinski definition) is 3. The fourth-order valence-corrected chi connectivity index (χ4v) is 2.69. The maximum absolute atomic E-state index is 13.8. The number of aryl methyl sites for hydroxylation is 1. The third-order valence-corrected chi connectivity index (χ3v) is 4.51. The van der Waals surface area contributed by atoms with Crippen molar-refractivity contribution in [2.45, 2.75) is 0 Å². The Morgan fingerprint density at radius 2 is 1.73 bits per heavy atom. The van der Waals surface area contributed by atoms with Crippen LogP contribution in [0.4, 0.5) is 15.9 Å². The minimum absolute atomic E-state index is 0.0541. The maximum Gasteiger partial charge on any atom is 0.259 e. The summed E-state index contributed by atoms with van der Waals surface area (Å²) in [6.07, 6.45) is 0. The molecule has 3 aromatic rings. The molecule has 30 heavy (non-hydrogen) atoms. The Balaban J connectivity index is 1.74. The number of amides is 2. The van der Waals surface area contributed by atoms with E-state index in [9.17, 15) is 14.0 Å². The first-order valence-electron chi connectivity index (χ1n) is 8.81. The lowest BCUT2D eigenvalue weighted by Crippen LogP contribution is -2.15. The first-order chi connectivity index (χ1) is 14.3. The molecule has 0 fully saturated rings. The van der Waals surface area contributed by atoms with Crippen LogP contribution in [0.2, 0.25) is 0 Å². The van der Waals surface area contributed by atoms with Crippen molar-refractivity contribution in [3.8, 4) is 11.3 Å². The van der Waals surface area contributed by atoms with Crippen molar-refractivity contribution in [1.29, 1.82) is 0 Å². The summed E-state index contributed by atoms with van der Waals surface area (Å²) in [5, 5.41) is 9.76. The lowest BCUT2D eigenvalue weighted by atomic mass is 10.1. The van der Waals surface area contributed by atoms with Gasteiger partial charge in [-0.25, -0.2) is 4.39 Å². The Morgan fingerprint density at radius 3 is 2.37 bits per heavy atom. The molecule has 2 aromatic carbocycles. The molecule has 0 radical (unpaired) electrons. The first kappa shape index (κ1) is 21.0. The summed E-state index contributed by atoms with van der Waals surface area (Å²) in [7, 11) is 1.67. The normalized spacial score (nSPS) is 10.4. The molecular weight excluding hydrogens is 407 g/mol. The molecular formula is C22H18ClFN4O2. The van der Waals surface area contributed by atoms with E-state index in [1.165, 1.54) is 22.9 Å². The molecule has 0 saturated carbocycles. The summed E-state index contributed by atoms with van der Waals surface area (Å²) in [5.74, 6) is -1.21. The fraction of sp³-hybridized carbons (Fsp3) is 0.0455. The molecule has 0 bridgehead atoms. The largest absolute Gasteiger partial charge is 0.322 e. The van der Waals surface area contributed by atoms with E-state index in [-0.39, 0.29) is 16.2 Å². The van der Waals surface area contributed by atoms with E-state index in [0.29, 0.717) is 17.2 Å². The van der Waals surface area contributed by atoms with E-state index < -0.39 is 17.6 Å². The Kier molecular flexibility index (Phi) is 6.13. The van der Waals surface area contributed by atoms with Gasteiger partial charge < -0.3 is 10.6 Å². The van der Waals surface area contributed by atoms with E-state index in [0.717, 1.165) is 5.56 Å². The molecule has 0 atom stereocenters. The van der Waals surface area contributed by atoms with Crippen LogP contribution in [0, 0.1) is 5.82 Å². The topological polar surface area (TPSA) is 76.0 Å². The number of nitrogens with zero attached hydrogens (tertiary/aromatic N) is 2. The Morgan fingerprint density at radius 1 is 1.07 bits per heavy atom. The molecule has 6 nitrogen and oxygen atoms in total. The van der Waals surface area contributed by atoms with Crippen LogP contribution in [0.3, 0.4) is 0 Å². The molecule has 152 valence electrons. The molecule has 0 spiro atoms. The molecule has 0 aliphatic carbocycles. The van der Waals surface area contributed by atoms with Crippen LogP contribution >= 0.6 is 11.6 Å². The average molecular weight is 425 g/mol. The lowest BCUT2D eigenvalue weighted by molar-refractivity contribution is -0.112. The zero-order valence-electron chi connectivity index (χ0n) is 16.1. The summed E-state index contributed by atoms with van der Waals surface area (Å²) in [6.45, 7) is 7.03. The van der Waals surface area contributed by atoms with Gasteiger partial charge in [0.1, 0.15) is 11.6 Å². The van der Waals surface area contributed by atoms with Crippen LogP contribution in [0.5, 0.6) is 0 Å². The predicted molar refractivity (Wildman–Crippen MR) is 116 cm³/mol. The second kappa shape index (κ2) is 8.75. The number of aromatic nitrogens is 2. The van der Waals surface area contributed by atoms with Gasteiger partial charge in [0.25, 0.3) is 11.8 Å². The summed E-state index contributed by atoms with van der Waals surface area (Å²) >= 11 is 5.68. The second-order valence-corrected chi connectivity index (χ2v) is 6.84. The second-order valence-electron chi connectivity index (χ2n) is 6.39. The highest BCUT2D eigenvalue weighted by molar-refractivity contribution is 6.35. The maximum atomic E-state index is 13.8. The quantitative estimate of drug-likeness (QED) is 0.444. The fourth-order valence-electron chi connectivity index (χ4n) is 2.61. The summed E-state index contributed by atoms with van der Waals surface area (Å²) < 4.78 is 15.3. The number of nitrogens with one attached hydrogen (secondary N) is 2. The predicted octanol–water partition coefficient (Wildman–Crippen LogP) is 4.73. The minimum atomic E-state index is -0.601. The SMILES string of the molecule is C=C(Cl)C(=C)C(=O)Nc1ccc(-c2cc(NC(=O)c3ccccc3F)n(C)n2)cc1. The third kappa shape index (κ3) is 4.64. The highest BCUT2D eigenvalue weighted by atomic mass is 35.5. The molecule has 0 unspecified atom stereocenters. The van der Waals surface area contributed by atoms with Gasteiger partial charge in [-0.15, -0.1) is 0 Å². The molecule has 2 amide bonds. The molecule has 0 aliphatic rings. The van der Waals surface area contributed by atoms with Crippen LogP contribution < -0.4 is 10.6 Å². The molecule has 3 rings (SSSR count). The summed E-state index contributed by atoms with van der Waals surface area (Å²) in [5.41, 5.74) is 1.93. The number of benzene rings is 2. The highest BCUT2D eigenvalue weighted by Crippen LogP contribution is 2.24. The minimum Gasteiger partial charge on any atom is -0.322 e. The van der Waals surface area contributed by atoms with Crippen LogP contribution in [-0.4, -0.2) is 21.6 Å². The van der Waals surface area contributed by atoms with Crippen LogP contribution in [0.15, 0.2) is 78.4 Å². The van der Waals surface area contributed by atoms with Gasteiger partial charge >= 0.3 is 0 Å². The summed E-state index contributed by atoms with van der Waals surface area (Å²) in [6, 6.07) is 14.3. The van der Waals surface area contributed by atoms with Crippen molar-refractivity contribution in [1.82, 2.24) is 9.78 Å². The average Bonchev–Trinajstić information content (AvgIpc) is 3.08. The number of carbonyl (C=O) groups excluding carboxylic acids is 2. The first-order valence-corrected chi connectivity index (χ1v) is 9.19. The van der Waals surface area contributed by atoms with Gasteiger partial charge in [-0.3, -0.25) is 14.3 Å². The number of carbonyl (C=O) groups is 2. The Hall–Kier alpha value is -3.71. The smallest absolute Gasteiger partial charge is 0.259 e. The molecule has 0 aliphatic heterocycles. The van der Waals surface area contributed by atoms with Crippen molar-refractivity contribution >= 4 is 34.9 Å². The van der Waals surface area contributed by atoms with Gasteiger partial charge in [0.15, 0.2) is 0 Å². The van der Waals surface area contributed by atoms with Crippen molar-refractivity contribution in [2.75, 3.05) is 10.6 Å². The standard InChI is InChI=1S/C22H18ClFN4O2/c1-13(14(2)23)21(29)25-16-10-8-15(9-11-16)19-12-20(28(3)27-19)26-22(30)17-6-4-5-7-18(17)24/h4-12H,1-2H2,3H3,(H,25,29)(H,26,30). The van der Waals surface area contributed by atoms with E-state index in [1.54, 1.807) is 43.4 Å². The molecule has 2 N–H and O–H groups in total. The number of anilines is 2. The van der Waals surface area contributed by atoms with Gasteiger partial charge in [-0.2, -0.15) is 5.10 Å². The van der Waals surface area contributed by atoms with E-state index in [2.05, 4.69) is 28.9 Å². The monoisotopic (exact) mass is 424 g/mol. The van der Waals surface area contributed by atoms with Gasteiger partial charge in [-0.1, -0.05) is 49.0 Å². The van der Waals surface area contributed by atoms with Crippen molar-refractivity contribution in [3.63, 3.8) is 0 Å². The molecule has 1 heterocycles. The molecule has 1 aromatic heterocycles. The van der Waals surface area contributed by atoms with Gasteiger partial charge in [-0.05, 0) is 24.3 Å². The summed E-state index contributed by atoms with van der Waals surface area (Å²) in [4.78, 5) is 24.3. The van der Waals surface area contributed by atoms with E-state index in [4.69, 9.17) is 11.6 Å². The molecule has 0 saturated heterocycles. The number of hydrogen-bond donors (Lipinski definition) is 2. The van der Waals surface area contributed by atoms with Gasteiger partial charge in [0.2, 0.25) is 0 Å². The van der Waals surface area contributed by atoms with Crippen LogP contribution in [0.25, 0.3) is 11.3 Å². The van der Waals surface area contributed by atoms with Crippen molar-refractivity contribution in [3.05, 3.63) is 89.7 Å². The lowest BCUT2D eigenvalue weighted by Gasteiger charge is -2.07. The van der Waals surface area contributed by atoms with Gasteiger partial charge in [0, 0.05) is 29.4 Å². The van der Waals surface area contributed by atoms with Crippen LogP contribution in [-0.2, 0) is 11.8 Å².